The second-order valence-corrected chi connectivity index (χ2v) is 11.5. The summed E-state index contributed by atoms with van der Waals surface area (Å²) in [6, 6.07) is 14.6. The summed E-state index contributed by atoms with van der Waals surface area (Å²) in [7, 11) is 3.94. The summed E-state index contributed by atoms with van der Waals surface area (Å²) >= 11 is 0. The van der Waals surface area contributed by atoms with E-state index in [1.165, 1.54) is 15.6 Å². The highest BCUT2D eigenvalue weighted by atomic mass is 16.5. The first-order valence-corrected chi connectivity index (χ1v) is 13.6. The molecule has 0 unspecified atom stereocenters. The van der Waals surface area contributed by atoms with Crippen molar-refractivity contribution in [1.82, 2.24) is 29.4 Å². The number of aromatic nitrogens is 5. The second-order valence-electron chi connectivity index (χ2n) is 11.5. The smallest absolute Gasteiger partial charge is 0.405 e. The molecule has 2 aromatic carbocycles. The molecule has 0 aliphatic rings. The van der Waals surface area contributed by atoms with Crippen LogP contribution in [0.1, 0.15) is 37.5 Å². The third-order valence-corrected chi connectivity index (χ3v) is 6.87. The maximum atomic E-state index is 13.6. The number of hydrogen-bond acceptors (Lipinski definition) is 9. The summed E-state index contributed by atoms with van der Waals surface area (Å²) in [6.07, 6.45) is 3.82. The van der Waals surface area contributed by atoms with E-state index in [9.17, 15) is 14.7 Å². The van der Waals surface area contributed by atoms with Gasteiger partial charge in [0.05, 0.1) is 35.8 Å². The SMILES string of the molecule is CN(C)Cc1ccc(Nc2nn(-c3cccc(-n4ncc5cc(C(C)(C)C)ccc5c4=O)c3CO)cc2OC(N)=O)nc1. The minimum Gasteiger partial charge on any atom is -0.405 e. The first kappa shape index (κ1) is 29.4. The van der Waals surface area contributed by atoms with Gasteiger partial charge in [-0.25, -0.2) is 14.5 Å². The lowest BCUT2D eigenvalue weighted by Gasteiger charge is -2.19. The maximum absolute atomic E-state index is 13.6. The standard InChI is InChI=1S/C31H34N8O4/c1-31(2,3)21-10-11-22-20(13-21)15-34-39(29(22)41)25-8-6-7-24(23(25)18-40)38-17-26(43-30(32)42)28(36-38)35-27-12-9-19(14-33-27)16-37(4)5/h6-15,17,40H,16,18H2,1-5H3,(H2,32,42)(H,33,35,36). The van der Waals surface area contributed by atoms with E-state index >= 15 is 0 Å². The molecule has 5 rings (SSSR count). The average Bonchev–Trinajstić information content (AvgIpc) is 3.34. The molecule has 5 aromatic rings. The number of rotatable bonds is 8. The van der Waals surface area contributed by atoms with Gasteiger partial charge in [-0.1, -0.05) is 39.0 Å². The van der Waals surface area contributed by atoms with Crippen molar-refractivity contribution in [2.75, 3.05) is 19.4 Å². The first-order valence-electron chi connectivity index (χ1n) is 13.6. The predicted molar refractivity (Wildman–Crippen MR) is 164 cm³/mol. The van der Waals surface area contributed by atoms with Crippen molar-refractivity contribution in [2.24, 2.45) is 5.73 Å². The van der Waals surface area contributed by atoms with E-state index in [1.807, 2.05) is 37.2 Å². The Bertz CT molecular complexity index is 1850. The van der Waals surface area contributed by atoms with E-state index in [1.54, 1.807) is 42.7 Å². The number of anilines is 2. The van der Waals surface area contributed by atoms with Crippen LogP contribution < -0.4 is 21.3 Å². The molecule has 1 amide bonds. The third kappa shape index (κ3) is 6.25. The largest absolute Gasteiger partial charge is 0.410 e. The number of nitrogens with two attached hydrogens (primary N) is 1. The predicted octanol–water partition coefficient (Wildman–Crippen LogP) is 4.02. The van der Waals surface area contributed by atoms with Crippen molar-refractivity contribution in [3.8, 4) is 17.1 Å². The summed E-state index contributed by atoms with van der Waals surface area (Å²) in [5.41, 5.74) is 8.23. The van der Waals surface area contributed by atoms with Crippen LogP contribution in [-0.2, 0) is 18.6 Å². The Balaban J connectivity index is 1.55. The van der Waals surface area contributed by atoms with Crippen LogP contribution in [0.2, 0.25) is 0 Å². The molecule has 222 valence electrons. The molecule has 0 radical (unpaired) electrons. The molecule has 0 saturated carbocycles. The molecule has 0 atom stereocenters. The summed E-state index contributed by atoms with van der Waals surface area (Å²) in [6.45, 7) is 6.62. The molecule has 0 spiro atoms. The van der Waals surface area contributed by atoms with Gasteiger partial charge in [0.25, 0.3) is 5.56 Å². The lowest BCUT2D eigenvalue weighted by Crippen LogP contribution is -2.23. The third-order valence-electron chi connectivity index (χ3n) is 6.87. The first-order chi connectivity index (χ1) is 20.4. The number of aliphatic hydroxyl groups excluding tert-OH is 1. The number of benzene rings is 2. The number of primary amides is 1. The van der Waals surface area contributed by atoms with E-state index < -0.39 is 12.7 Å². The fraction of sp³-hybridized carbons (Fsp3) is 0.258. The van der Waals surface area contributed by atoms with E-state index in [-0.39, 0.29) is 22.5 Å². The molecule has 0 aliphatic carbocycles. The molecule has 4 N–H and O–H groups in total. The monoisotopic (exact) mass is 582 g/mol. The normalized spacial score (nSPS) is 11.7. The Labute approximate surface area is 248 Å². The van der Waals surface area contributed by atoms with Crippen molar-refractivity contribution < 1.29 is 14.6 Å². The number of hydrogen-bond donors (Lipinski definition) is 3. The van der Waals surface area contributed by atoms with Crippen LogP contribution in [0.5, 0.6) is 5.75 Å². The number of carbonyl (C=O) groups is 1. The number of carbonyl (C=O) groups excluding carboxylic acids is 1. The van der Waals surface area contributed by atoms with Crippen molar-refractivity contribution in [2.45, 2.75) is 39.3 Å². The number of aliphatic hydroxyl groups is 1. The van der Waals surface area contributed by atoms with Gasteiger partial charge in [0.15, 0.2) is 11.6 Å². The van der Waals surface area contributed by atoms with Gasteiger partial charge in [-0.05, 0) is 61.0 Å². The van der Waals surface area contributed by atoms with Crippen LogP contribution in [-0.4, -0.2) is 54.7 Å². The van der Waals surface area contributed by atoms with E-state index in [0.717, 1.165) is 23.1 Å². The van der Waals surface area contributed by atoms with Crippen LogP contribution in [0.25, 0.3) is 22.1 Å². The Morgan fingerprint density at radius 1 is 1.09 bits per heavy atom. The van der Waals surface area contributed by atoms with Crippen LogP contribution in [0.3, 0.4) is 0 Å². The number of nitrogens with zero attached hydrogens (tertiary/aromatic N) is 6. The van der Waals surface area contributed by atoms with Gasteiger partial charge in [-0.15, -0.1) is 5.10 Å². The lowest BCUT2D eigenvalue weighted by atomic mass is 9.86. The fourth-order valence-electron chi connectivity index (χ4n) is 4.76. The molecule has 0 saturated heterocycles. The highest BCUT2D eigenvalue weighted by Crippen LogP contribution is 2.30. The number of pyridine rings is 1. The molecular formula is C31H34N8O4. The van der Waals surface area contributed by atoms with E-state index in [2.05, 4.69) is 41.3 Å². The Kier molecular flexibility index (Phi) is 7.98. The summed E-state index contributed by atoms with van der Waals surface area (Å²) in [5.74, 6) is 0.702. The minimum absolute atomic E-state index is 0.0524. The quantitative estimate of drug-likeness (QED) is 0.246. The van der Waals surface area contributed by atoms with Crippen molar-refractivity contribution in [3.63, 3.8) is 0 Å². The van der Waals surface area contributed by atoms with Gasteiger partial charge in [-0.3, -0.25) is 4.79 Å². The molecule has 12 nitrogen and oxygen atoms in total. The topological polar surface area (TPSA) is 153 Å². The van der Waals surface area contributed by atoms with Crippen LogP contribution in [0, 0.1) is 0 Å². The Morgan fingerprint density at radius 2 is 1.86 bits per heavy atom. The zero-order valence-electron chi connectivity index (χ0n) is 24.7. The molecule has 0 fully saturated rings. The minimum atomic E-state index is -1.02. The zero-order chi connectivity index (χ0) is 30.9. The van der Waals surface area contributed by atoms with Crippen molar-refractivity contribution in [1.29, 1.82) is 0 Å². The number of amides is 1. The van der Waals surface area contributed by atoms with Crippen LogP contribution >= 0.6 is 0 Å². The Hall–Kier alpha value is -5.07. The van der Waals surface area contributed by atoms with Crippen molar-refractivity contribution >= 4 is 28.5 Å². The van der Waals surface area contributed by atoms with Crippen molar-refractivity contribution in [3.05, 3.63) is 94.2 Å². The molecule has 43 heavy (non-hydrogen) atoms. The number of fused-ring (bicyclic) bond motifs is 1. The number of ether oxygens (including phenoxy) is 1. The van der Waals surface area contributed by atoms with Crippen LogP contribution in [0.15, 0.2) is 71.9 Å². The van der Waals surface area contributed by atoms with Gasteiger partial charge >= 0.3 is 6.09 Å². The molecule has 0 aliphatic heterocycles. The summed E-state index contributed by atoms with van der Waals surface area (Å²) in [4.78, 5) is 31.7. The highest BCUT2D eigenvalue weighted by molar-refractivity contribution is 5.82. The summed E-state index contributed by atoms with van der Waals surface area (Å²) in [5, 5.41) is 23.8. The lowest BCUT2D eigenvalue weighted by molar-refractivity contribution is 0.211. The van der Waals surface area contributed by atoms with Gasteiger partial charge in [0.1, 0.15) is 5.82 Å². The molecule has 3 heterocycles. The molecule has 3 aromatic heterocycles. The molecular weight excluding hydrogens is 548 g/mol. The van der Waals surface area contributed by atoms with Gasteiger partial charge in [0.2, 0.25) is 0 Å². The van der Waals surface area contributed by atoms with E-state index in [0.29, 0.717) is 28.1 Å². The fourth-order valence-corrected chi connectivity index (χ4v) is 4.76. The second kappa shape index (κ2) is 11.7. The number of nitrogens with one attached hydrogen (secondary N) is 1. The van der Waals surface area contributed by atoms with E-state index in [4.69, 9.17) is 10.5 Å². The van der Waals surface area contributed by atoms with Gasteiger partial charge < -0.3 is 25.8 Å². The highest BCUT2D eigenvalue weighted by Gasteiger charge is 2.20. The summed E-state index contributed by atoms with van der Waals surface area (Å²) < 4.78 is 7.90. The van der Waals surface area contributed by atoms with Gasteiger partial charge in [0, 0.05) is 23.7 Å². The average molecular weight is 583 g/mol. The van der Waals surface area contributed by atoms with Crippen LogP contribution in [0.4, 0.5) is 16.4 Å². The maximum Gasteiger partial charge on any atom is 0.410 e. The Morgan fingerprint density at radius 3 is 2.51 bits per heavy atom. The van der Waals surface area contributed by atoms with Gasteiger partial charge in [-0.2, -0.15) is 9.78 Å². The zero-order valence-corrected chi connectivity index (χ0v) is 24.7. The molecule has 0 bridgehead atoms. The molecule has 12 heteroatoms.